The fourth-order valence-electron chi connectivity index (χ4n) is 4.16. The number of carbonyl (C=O) groups excluding carboxylic acids is 3. The number of carbonyl (C=O) groups is 3. The number of anilines is 1. The van der Waals surface area contributed by atoms with Gasteiger partial charge in [-0.15, -0.1) is 0 Å². The van der Waals surface area contributed by atoms with Crippen molar-refractivity contribution >= 4 is 33.5 Å². The van der Waals surface area contributed by atoms with Gasteiger partial charge in [-0.3, -0.25) is 14.4 Å². The maximum absolute atomic E-state index is 13.2. The Morgan fingerprint density at radius 3 is 2.31 bits per heavy atom. The highest BCUT2D eigenvalue weighted by atomic mass is 32.2. The van der Waals surface area contributed by atoms with E-state index in [2.05, 4.69) is 0 Å². The molecule has 2 amide bonds. The van der Waals surface area contributed by atoms with Gasteiger partial charge in [0, 0.05) is 46.1 Å². The van der Waals surface area contributed by atoms with E-state index < -0.39 is 16.0 Å². The van der Waals surface area contributed by atoms with E-state index in [1.807, 2.05) is 0 Å². The van der Waals surface area contributed by atoms with E-state index in [4.69, 9.17) is 4.74 Å². The van der Waals surface area contributed by atoms with E-state index >= 15 is 0 Å². The lowest BCUT2D eigenvalue weighted by Gasteiger charge is -2.34. The summed E-state index contributed by atoms with van der Waals surface area (Å²) in [4.78, 5) is 38.5. The molecule has 1 fully saturated rings. The number of aryl methyl sites for hydroxylation is 1. The number of piperazine rings is 1. The number of ether oxygens (including phenoxy) is 1. The number of amides is 2. The normalized spacial score (nSPS) is 19.3. The SMILES string of the molecule is CC(=O)OCC(=O)N1CCN(S(=O)(=O)c2cc3c4c(c2)CCN4C(=O)CC3)CC1. The molecule has 0 bridgehead atoms. The number of rotatable bonds is 4. The lowest BCUT2D eigenvalue weighted by molar-refractivity contribution is -0.150. The van der Waals surface area contributed by atoms with Gasteiger partial charge in [-0.2, -0.15) is 4.31 Å². The molecular formula is C19H23N3O6S. The van der Waals surface area contributed by atoms with Gasteiger partial charge in [0.05, 0.1) is 10.6 Å². The molecule has 3 aliphatic heterocycles. The van der Waals surface area contributed by atoms with Crippen LogP contribution in [0.15, 0.2) is 17.0 Å². The second-order valence-corrected chi connectivity index (χ2v) is 9.39. The predicted molar refractivity (Wildman–Crippen MR) is 103 cm³/mol. The molecule has 10 heteroatoms. The summed E-state index contributed by atoms with van der Waals surface area (Å²) in [6, 6.07) is 3.38. The van der Waals surface area contributed by atoms with E-state index in [-0.39, 0.29) is 49.5 Å². The monoisotopic (exact) mass is 421 g/mol. The molecule has 0 radical (unpaired) electrons. The van der Waals surface area contributed by atoms with Crippen LogP contribution in [0.3, 0.4) is 0 Å². The highest BCUT2D eigenvalue weighted by Gasteiger charge is 2.35. The van der Waals surface area contributed by atoms with Crippen molar-refractivity contribution in [3.05, 3.63) is 23.3 Å². The van der Waals surface area contributed by atoms with Crippen molar-refractivity contribution in [2.45, 2.75) is 31.1 Å². The van der Waals surface area contributed by atoms with Gasteiger partial charge in [0.2, 0.25) is 15.9 Å². The molecule has 0 spiro atoms. The summed E-state index contributed by atoms with van der Waals surface area (Å²) in [5.41, 5.74) is 2.71. The summed E-state index contributed by atoms with van der Waals surface area (Å²) in [5, 5.41) is 0. The third kappa shape index (κ3) is 3.62. The zero-order chi connectivity index (χ0) is 20.8. The third-order valence-corrected chi connectivity index (χ3v) is 7.53. The average Bonchev–Trinajstić information content (AvgIpc) is 3.14. The Labute approximate surface area is 169 Å². The summed E-state index contributed by atoms with van der Waals surface area (Å²) in [5.74, 6) is -0.759. The van der Waals surface area contributed by atoms with Crippen LogP contribution in [-0.4, -0.2) is 74.7 Å². The van der Waals surface area contributed by atoms with Crippen molar-refractivity contribution in [1.82, 2.24) is 9.21 Å². The van der Waals surface area contributed by atoms with Gasteiger partial charge < -0.3 is 14.5 Å². The molecule has 29 heavy (non-hydrogen) atoms. The van der Waals surface area contributed by atoms with Gasteiger partial charge in [0.25, 0.3) is 5.91 Å². The first-order chi connectivity index (χ1) is 13.8. The molecule has 0 atom stereocenters. The van der Waals surface area contributed by atoms with Crippen LogP contribution in [0.2, 0.25) is 0 Å². The lowest BCUT2D eigenvalue weighted by Crippen LogP contribution is -2.51. The molecule has 9 nitrogen and oxygen atoms in total. The van der Waals surface area contributed by atoms with Gasteiger partial charge in [-0.1, -0.05) is 0 Å². The fourth-order valence-corrected chi connectivity index (χ4v) is 5.68. The molecule has 0 N–H and O–H groups in total. The molecule has 0 aromatic heterocycles. The van der Waals surface area contributed by atoms with Crippen LogP contribution >= 0.6 is 0 Å². The van der Waals surface area contributed by atoms with Crippen LogP contribution in [0.1, 0.15) is 24.5 Å². The number of benzene rings is 1. The van der Waals surface area contributed by atoms with E-state index in [1.54, 1.807) is 17.0 Å². The second kappa shape index (κ2) is 7.42. The quantitative estimate of drug-likeness (QED) is 0.630. The molecule has 0 unspecified atom stereocenters. The number of sulfonamides is 1. The van der Waals surface area contributed by atoms with Crippen molar-refractivity contribution in [1.29, 1.82) is 0 Å². The zero-order valence-corrected chi connectivity index (χ0v) is 17.0. The van der Waals surface area contributed by atoms with Crippen molar-refractivity contribution in [2.24, 2.45) is 0 Å². The van der Waals surface area contributed by atoms with Crippen LogP contribution in [0.5, 0.6) is 0 Å². The number of hydrogen-bond acceptors (Lipinski definition) is 6. The lowest BCUT2D eigenvalue weighted by atomic mass is 10.00. The Hall–Kier alpha value is -2.46. The Morgan fingerprint density at radius 1 is 1.00 bits per heavy atom. The third-order valence-electron chi connectivity index (χ3n) is 5.65. The van der Waals surface area contributed by atoms with E-state index in [9.17, 15) is 22.8 Å². The summed E-state index contributed by atoms with van der Waals surface area (Å²) >= 11 is 0. The van der Waals surface area contributed by atoms with Gasteiger partial charge in [-0.25, -0.2) is 8.42 Å². The first-order valence-corrected chi connectivity index (χ1v) is 11.1. The van der Waals surface area contributed by atoms with Crippen molar-refractivity contribution < 1.29 is 27.5 Å². The number of nitrogens with zero attached hydrogens (tertiary/aromatic N) is 3. The Bertz CT molecular complexity index is 982. The standard InChI is InChI=1S/C19H23N3O6S/c1-13(23)28-12-18(25)20-6-8-21(9-7-20)29(26,27)16-10-14-2-3-17(24)22-5-4-15(11-16)19(14)22/h10-11H,2-9,12H2,1H3. The average molecular weight is 421 g/mol. The Balaban J connectivity index is 1.49. The molecule has 1 saturated heterocycles. The Kier molecular flexibility index (Phi) is 5.07. The van der Waals surface area contributed by atoms with Gasteiger partial charge >= 0.3 is 5.97 Å². The molecule has 3 aliphatic rings. The minimum Gasteiger partial charge on any atom is -0.456 e. The summed E-state index contributed by atoms with van der Waals surface area (Å²) in [6.45, 7) is 2.38. The van der Waals surface area contributed by atoms with Crippen LogP contribution in [0.25, 0.3) is 0 Å². The van der Waals surface area contributed by atoms with Gasteiger partial charge in [0.1, 0.15) is 0 Å². The highest BCUT2D eigenvalue weighted by molar-refractivity contribution is 7.89. The van der Waals surface area contributed by atoms with Crippen LogP contribution < -0.4 is 4.90 Å². The molecule has 1 aromatic rings. The molecule has 156 valence electrons. The predicted octanol–water partition coefficient (Wildman–Crippen LogP) is -0.0821. The maximum Gasteiger partial charge on any atom is 0.303 e. The van der Waals surface area contributed by atoms with Crippen LogP contribution in [-0.2, 0) is 42.0 Å². The fraction of sp³-hybridized carbons (Fsp3) is 0.526. The molecule has 4 rings (SSSR count). The highest BCUT2D eigenvalue weighted by Crippen LogP contribution is 2.38. The van der Waals surface area contributed by atoms with Crippen molar-refractivity contribution in [2.75, 3.05) is 44.2 Å². The molecule has 3 heterocycles. The smallest absolute Gasteiger partial charge is 0.303 e. The summed E-state index contributed by atoms with van der Waals surface area (Å²) in [7, 11) is -3.69. The van der Waals surface area contributed by atoms with Gasteiger partial charge in [0.15, 0.2) is 6.61 Å². The molecule has 1 aromatic carbocycles. The Morgan fingerprint density at radius 2 is 1.66 bits per heavy atom. The van der Waals surface area contributed by atoms with Crippen LogP contribution in [0, 0.1) is 0 Å². The molecule has 0 aliphatic carbocycles. The van der Waals surface area contributed by atoms with Crippen molar-refractivity contribution in [3.63, 3.8) is 0 Å². The topological polar surface area (TPSA) is 104 Å². The largest absolute Gasteiger partial charge is 0.456 e. The minimum atomic E-state index is -3.69. The number of esters is 1. The first kappa shape index (κ1) is 19.8. The zero-order valence-electron chi connectivity index (χ0n) is 16.2. The molecule has 0 saturated carbocycles. The first-order valence-electron chi connectivity index (χ1n) is 9.65. The van der Waals surface area contributed by atoms with Crippen molar-refractivity contribution in [3.8, 4) is 0 Å². The molecular weight excluding hydrogens is 398 g/mol. The van der Waals surface area contributed by atoms with E-state index in [0.29, 0.717) is 25.8 Å². The second-order valence-electron chi connectivity index (χ2n) is 7.45. The van der Waals surface area contributed by atoms with E-state index in [1.165, 1.54) is 16.1 Å². The van der Waals surface area contributed by atoms with Crippen LogP contribution in [0.4, 0.5) is 5.69 Å². The van der Waals surface area contributed by atoms with Gasteiger partial charge in [-0.05, 0) is 36.1 Å². The van der Waals surface area contributed by atoms with E-state index in [0.717, 1.165) is 16.8 Å². The summed E-state index contributed by atoms with van der Waals surface area (Å²) in [6.07, 6.45) is 1.62. The maximum atomic E-state index is 13.2. The summed E-state index contributed by atoms with van der Waals surface area (Å²) < 4.78 is 32.5. The number of hydrogen-bond donors (Lipinski definition) is 0. The minimum absolute atomic E-state index is 0.0985.